The molecule has 0 unspecified atom stereocenters. The summed E-state index contributed by atoms with van der Waals surface area (Å²) >= 11 is 0. The van der Waals surface area contributed by atoms with E-state index in [0.717, 1.165) is 19.6 Å². The minimum absolute atomic E-state index is 0.0368. The maximum Gasteiger partial charge on any atom is 0.267 e. The van der Waals surface area contributed by atoms with Crippen LogP contribution in [0.1, 0.15) is 24.3 Å². The number of anilines is 2. The van der Waals surface area contributed by atoms with E-state index in [9.17, 15) is 4.79 Å². The van der Waals surface area contributed by atoms with Gasteiger partial charge in [-0.2, -0.15) is 0 Å². The number of piperazine rings is 1. The summed E-state index contributed by atoms with van der Waals surface area (Å²) in [6.45, 7) is 6.91. The van der Waals surface area contributed by atoms with Crippen LogP contribution in [0, 0.1) is 0 Å². The maximum atomic E-state index is 11.2. The number of carbonyl (C=O) groups excluding carboxylic acids is 1. The number of carbonyl (C=O) groups is 1. The topological polar surface area (TPSA) is 88.5 Å². The molecule has 0 atom stereocenters. The monoisotopic (exact) mass is 263 g/mol. The third-order valence-corrected chi connectivity index (χ3v) is 3.77. The van der Waals surface area contributed by atoms with Crippen LogP contribution in [-0.4, -0.2) is 48.0 Å². The van der Waals surface area contributed by atoms with Crippen LogP contribution >= 0.6 is 0 Å². The SMILES string of the molecule is CN1CCN(c2nc(C(N)=O)ccc2N)CC1(C)C. The van der Waals surface area contributed by atoms with E-state index >= 15 is 0 Å². The zero-order valence-electron chi connectivity index (χ0n) is 11.7. The Morgan fingerprint density at radius 2 is 2.05 bits per heavy atom. The average molecular weight is 263 g/mol. The first kappa shape index (κ1) is 13.6. The van der Waals surface area contributed by atoms with Crippen molar-refractivity contribution in [3.63, 3.8) is 0 Å². The predicted molar refractivity (Wildman–Crippen MR) is 76.1 cm³/mol. The minimum Gasteiger partial charge on any atom is -0.396 e. The van der Waals surface area contributed by atoms with Gasteiger partial charge in [0, 0.05) is 25.2 Å². The van der Waals surface area contributed by atoms with Crippen molar-refractivity contribution in [3.8, 4) is 0 Å². The van der Waals surface area contributed by atoms with Gasteiger partial charge in [-0.3, -0.25) is 9.69 Å². The molecule has 0 aliphatic carbocycles. The van der Waals surface area contributed by atoms with Gasteiger partial charge in [0.2, 0.25) is 0 Å². The van der Waals surface area contributed by atoms with Crippen molar-refractivity contribution in [2.75, 3.05) is 37.3 Å². The second-order valence-corrected chi connectivity index (χ2v) is 5.63. The average Bonchev–Trinajstić information content (AvgIpc) is 2.33. The highest BCUT2D eigenvalue weighted by molar-refractivity contribution is 5.91. The lowest BCUT2D eigenvalue weighted by molar-refractivity contribution is 0.0995. The van der Waals surface area contributed by atoms with E-state index in [2.05, 4.69) is 35.7 Å². The van der Waals surface area contributed by atoms with Gasteiger partial charge in [-0.15, -0.1) is 0 Å². The lowest BCUT2D eigenvalue weighted by atomic mass is 9.99. The molecule has 104 valence electrons. The van der Waals surface area contributed by atoms with E-state index < -0.39 is 5.91 Å². The molecule has 1 aromatic rings. The summed E-state index contributed by atoms with van der Waals surface area (Å²) in [7, 11) is 2.11. The van der Waals surface area contributed by atoms with E-state index in [1.165, 1.54) is 0 Å². The molecule has 4 N–H and O–H groups in total. The number of pyridine rings is 1. The van der Waals surface area contributed by atoms with Crippen LogP contribution in [0.2, 0.25) is 0 Å². The second kappa shape index (κ2) is 4.70. The van der Waals surface area contributed by atoms with Gasteiger partial charge >= 0.3 is 0 Å². The Morgan fingerprint density at radius 1 is 1.37 bits per heavy atom. The third-order valence-electron chi connectivity index (χ3n) is 3.77. The molecule has 0 aromatic carbocycles. The Labute approximate surface area is 113 Å². The number of amides is 1. The Hall–Kier alpha value is -1.82. The van der Waals surface area contributed by atoms with Gasteiger partial charge < -0.3 is 16.4 Å². The number of nitrogen functional groups attached to an aromatic ring is 1. The smallest absolute Gasteiger partial charge is 0.267 e. The van der Waals surface area contributed by atoms with Gasteiger partial charge in [0.1, 0.15) is 5.69 Å². The van der Waals surface area contributed by atoms with Gasteiger partial charge in [-0.1, -0.05) is 0 Å². The van der Waals surface area contributed by atoms with Crippen LogP contribution in [0.25, 0.3) is 0 Å². The van der Waals surface area contributed by atoms with Gasteiger partial charge in [0.15, 0.2) is 5.82 Å². The molecule has 6 nitrogen and oxygen atoms in total. The van der Waals surface area contributed by atoms with Crippen molar-refractivity contribution >= 4 is 17.4 Å². The fourth-order valence-corrected chi connectivity index (χ4v) is 2.27. The van der Waals surface area contributed by atoms with Gasteiger partial charge in [-0.25, -0.2) is 4.98 Å². The molecular formula is C13H21N5O. The van der Waals surface area contributed by atoms with Gasteiger partial charge in [-0.05, 0) is 33.0 Å². The number of likely N-dealkylation sites (N-methyl/N-ethyl adjacent to an activating group) is 1. The molecule has 6 heteroatoms. The van der Waals surface area contributed by atoms with E-state index in [4.69, 9.17) is 11.5 Å². The molecule has 1 amide bonds. The Kier molecular flexibility index (Phi) is 3.36. The van der Waals surface area contributed by atoms with Crippen LogP contribution in [0.15, 0.2) is 12.1 Å². The van der Waals surface area contributed by atoms with Crippen molar-refractivity contribution in [3.05, 3.63) is 17.8 Å². The maximum absolute atomic E-state index is 11.2. The number of hydrogen-bond donors (Lipinski definition) is 2. The quantitative estimate of drug-likeness (QED) is 0.801. The molecule has 0 radical (unpaired) electrons. The largest absolute Gasteiger partial charge is 0.396 e. The van der Waals surface area contributed by atoms with E-state index in [1.54, 1.807) is 12.1 Å². The molecule has 1 aliphatic rings. The highest BCUT2D eigenvalue weighted by Crippen LogP contribution is 2.27. The summed E-state index contributed by atoms with van der Waals surface area (Å²) in [4.78, 5) is 19.9. The minimum atomic E-state index is -0.533. The Balaban J connectivity index is 2.31. The van der Waals surface area contributed by atoms with Gasteiger partial charge in [0.05, 0.1) is 5.69 Å². The summed E-state index contributed by atoms with van der Waals surface area (Å²) < 4.78 is 0. The van der Waals surface area contributed by atoms with Crippen LogP contribution in [0.3, 0.4) is 0 Å². The standard InChI is InChI=1S/C13H21N5O/c1-13(2)8-18(7-6-17(13)3)12-9(14)4-5-10(16-12)11(15)19/h4-5H,6-8,14H2,1-3H3,(H2,15,19). The lowest BCUT2D eigenvalue weighted by Gasteiger charge is -2.46. The molecule has 1 fully saturated rings. The molecule has 1 aromatic heterocycles. The fraction of sp³-hybridized carbons (Fsp3) is 0.538. The summed E-state index contributed by atoms with van der Waals surface area (Å²) in [5, 5.41) is 0. The first-order valence-electron chi connectivity index (χ1n) is 6.34. The van der Waals surface area contributed by atoms with Crippen LogP contribution in [0.4, 0.5) is 11.5 Å². The van der Waals surface area contributed by atoms with Crippen LogP contribution in [0.5, 0.6) is 0 Å². The van der Waals surface area contributed by atoms with Crippen LogP contribution in [-0.2, 0) is 0 Å². The first-order chi connectivity index (χ1) is 8.81. The normalized spacial score (nSPS) is 19.4. The predicted octanol–water partition coefficient (Wildman–Crippen LogP) is 0.293. The third kappa shape index (κ3) is 2.63. The van der Waals surface area contributed by atoms with Crippen molar-refractivity contribution in [2.45, 2.75) is 19.4 Å². The number of hydrogen-bond acceptors (Lipinski definition) is 5. The van der Waals surface area contributed by atoms with Crippen molar-refractivity contribution in [1.29, 1.82) is 0 Å². The molecule has 2 rings (SSSR count). The van der Waals surface area contributed by atoms with Gasteiger partial charge in [0.25, 0.3) is 5.91 Å². The highest BCUT2D eigenvalue weighted by Gasteiger charge is 2.32. The number of aromatic nitrogens is 1. The lowest BCUT2D eigenvalue weighted by Crippen LogP contribution is -2.58. The number of primary amides is 1. The fourth-order valence-electron chi connectivity index (χ4n) is 2.27. The highest BCUT2D eigenvalue weighted by atomic mass is 16.1. The molecule has 1 aliphatic heterocycles. The second-order valence-electron chi connectivity index (χ2n) is 5.63. The first-order valence-corrected chi connectivity index (χ1v) is 6.34. The molecule has 0 spiro atoms. The molecule has 19 heavy (non-hydrogen) atoms. The van der Waals surface area contributed by atoms with Crippen molar-refractivity contribution < 1.29 is 4.79 Å². The number of nitrogens with two attached hydrogens (primary N) is 2. The summed E-state index contributed by atoms with van der Waals surface area (Å²) in [5.74, 6) is 0.118. The van der Waals surface area contributed by atoms with Crippen LogP contribution < -0.4 is 16.4 Å². The zero-order chi connectivity index (χ0) is 14.2. The zero-order valence-corrected chi connectivity index (χ0v) is 11.7. The van der Waals surface area contributed by atoms with E-state index in [1.807, 2.05) is 0 Å². The van der Waals surface area contributed by atoms with Crippen molar-refractivity contribution in [2.24, 2.45) is 5.73 Å². The molecule has 0 bridgehead atoms. The molecule has 0 saturated carbocycles. The number of nitrogens with zero attached hydrogens (tertiary/aromatic N) is 3. The summed E-state index contributed by atoms with van der Waals surface area (Å²) in [6, 6.07) is 3.25. The Bertz CT molecular complexity index is 500. The van der Waals surface area contributed by atoms with E-state index in [0.29, 0.717) is 11.5 Å². The number of rotatable bonds is 2. The van der Waals surface area contributed by atoms with E-state index in [-0.39, 0.29) is 11.2 Å². The van der Waals surface area contributed by atoms with Crippen molar-refractivity contribution in [1.82, 2.24) is 9.88 Å². The summed E-state index contributed by atoms with van der Waals surface area (Å²) in [5.41, 5.74) is 12.1. The Morgan fingerprint density at radius 3 is 2.63 bits per heavy atom. The molecule has 1 saturated heterocycles. The molecular weight excluding hydrogens is 242 g/mol. The summed E-state index contributed by atoms with van der Waals surface area (Å²) in [6.07, 6.45) is 0. The molecule has 2 heterocycles.